The van der Waals surface area contributed by atoms with Crippen molar-refractivity contribution >= 4 is 34.3 Å². The topological polar surface area (TPSA) is 114 Å². The van der Waals surface area contributed by atoms with E-state index in [0.29, 0.717) is 33.7 Å². The van der Waals surface area contributed by atoms with E-state index in [1.54, 1.807) is 48.3 Å². The first-order valence-electron chi connectivity index (χ1n) is 10.6. The van der Waals surface area contributed by atoms with Gasteiger partial charge in [-0.15, -0.1) is 0 Å². The van der Waals surface area contributed by atoms with Crippen molar-refractivity contribution in [2.45, 2.75) is 33.7 Å². The molecule has 3 N–H and O–H groups in total. The first-order chi connectivity index (χ1) is 15.8. The van der Waals surface area contributed by atoms with Crippen LogP contribution in [0.1, 0.15) is 41.8 Å². The summed E-state index contributed by atoms with van der Waals surface area (Å²) in [6.45, 7) is 7.79. The molecule has 0 atom stereocenters. The molecule has 4 aromatic rings. The van der Waals surface area contributed by atoms with Gasteiger partial charge in [-0.2, -0.15) is 5.10 Å². The van der Waals surface area contributed by atoms with Crippen LogP contribution in [0.4, 0.5) is 16.2 Å². The summed E-state index contributed by atoms with van der Waals surface area (Å²) >= 11 is 0. The summed E-state index contributed by atoms with van der Waals surface area (Å²) in [6.07, 6.45) is 1.67. The lowest BCUT2D eigenvalue weighted by molar-refractivity contribution is 0.102. The second-order valence-electron chi connectivity index (χ2n) is 8.04. The van der Waals surface area contributed by atoms with Crippen LogP contribution >= 0.6 is 0 Å². The smallest absolute Gasteiger partial charge is 0.318 e. The third-order valence-corrected chi connectivity index (χ3v) is 5.25. The number of fused-ring (bicyclic) bond motifs is 1. The molecule has 4 rings (SSSR count). The van der Waals surface area contributed by atoms with E-state index in [4.69, 9.17) is 9.40 Å². The summed E-state index contributed by atoms with van der Waals surface area (Å²) in [6, 6.07) is 10.3. The molecule has 1 aromatic carbocycles. The largest absolute Gasteiger partial charge is 0.466 e. The molecular formula is C24H26N6O3. The van der Waals surface area contributed by atoms with Crippen molar-refractivity contribution in [3.63, 3.8) is 0 Å². The molecular weight excluding hydrogens is 420 g/mol. The van der Waals surface area contributed by atoms with Gasteiger partial charge in [0, 0.05) is 30.0 Å². The summed E-state index contributed by atoms with van der Waals surface area (Å²) in [4.78, 5) is 29.6. The highest BCUT2D eigenvalue weighted by Gasteiger charge is 2.20. The highest BCUT2D eigenvalue weighted by atomic mass is 16.3. The van der Waals surface area contributed by atoms with E-state index in [1.807, 2.05) is 33.8 Å². The first-order valence-corrected chi connectivity index (χ1v) is 10.6. The maximum Gasteiger partial charge on any atom is 0.318 e. The predicted octanol–water partition coefficient (Wildman–Crippen LogP) is 4.89. The third-order valence-electron chi connectivity index (χ3n) is 5.25. The van der Waals surface area contributed by atoms with E-state index in [0.717, 1.165) is 17.1 Å². The van der Waals surface area contributed by atoms with Gasteiger partial charge in [-0.1, -0.05) is 0 Å². The fourth-order valence-corrected chi connectivity index (χ4v) is 3.64. The number of hydrogen-bond donors (Lipinski definition) is 3. The van der Waals surface area contributed by atoms with E-state index >= 15 is 0 Å². The molecule has 9 heteroatoms. The van der Waals surface area contributed by atoms with Crippen molar-refractivity contribution in [3.05, 3.63) is 59.7 Å². The SMILES string of the molecule is CNC(=O)Nc1ccc(NC(=O)c2cc(-c3cc(C)oc3C)nc3c2cnn3C(C)C)cc1. The quantitative estimate of drug-likeness (QED) is 0.404. The van der Waals surface area contributed by atoms with Crippen LogP contribution in [0.15, 0.2) is 47.0 Å². The molecule has 0 spiro atoms. The molecule has 0 unspecified atom stereocenters. The average molecular weight is 447 g/mol. The molecule has 0 saturated heterocycles. The van der Waals surface area contributed by atoms with Crippen molar-refractivity contribution in [2.75, 3.05) is 17.7 Å². The molecule has 0 radical (unpaired) electrons. The van der Waals surface area contributed by atoms with Crippen LogP contribution in [0, 0.1) is 13.8 Å². The molecule has 0 aliphatic heterocycles. The van der Waals surface area contributed by atoms with Crippen LogP contribution in [-0.2, 0) is 0 Å². The second kappa shape index (κ2) is 8.78. The normalized spacial score (nSPS) is 11.1. The van der Waals surface area contributed by atoms with Crippen molar-refractivity contribution in [1.82, 2.24) is 20.1 Å². The summed E-state index contributed by atoms with van der Waals surface area (Å²) in [5, 5.41) is 13.2. The number of nitrogens with one attached hydrogen (secondary N) is 3. The number of benzene rings is 1. The van der Waals surface area contributed by atoms with Gasteiger partial charge < -0.3 is 20.4 Å². The Morgan fingerprint density at radius 1 is 1.03 bits per heavy atom. The first kappa shape index (κ1) is 22.1. The average Bonchev–Trinajstić information content (AvgIpc) is 3.36. The minimum absolute atomic E-state index is 0.0775. The van der Waals surface area contributed by atoms with Crippen molar-refractivity contribution < 1.29 is 14.0 Å². The number of anilines is 2. The lowest BCUT2D eigenvalue weighted by Crippen LogP contribution is -2.24. The number of aryl methyl sites for hydroxylation is 2. The number of hydrogen-bond acceptors (Lipinski definition) is 5. The summed E-state index contributed by atoms with van der Waals surface area (Å²) in [5.41, 5.74) is 3.80. The molecule has 0 fully saturated rings. The maximum absolute atomic E-state index is 13.3. The zero-order valence-corrected chi connectivity index (χ0v) is 19.2. The number of urea groups is 1. The molecule has 3 amide bonds. The molecule has 170 valence electrons. The van der Waals surface area contributed by atoms with Gasteiger partial charge in [0.25, 0.3) is 5.91 Å². The van der Waals surface area contributed by atoms with Crippen molar-refractivity contribution in [2.24, 2.45) is 0 Å². The zero-order valence-electron chi connectivity index (χ0n) is 19.2. The summed E-state index contributed by atoms with van der Waals surface area (Å²) in [5.74, 6) is 1.23. The Hall–Kier alpha value is -4.14. The van der Waals surface area contributed by atoms with E-state index in [-0.39, 0.29) is 18.0 Å². The molecule has 0 saturated carbocycles. The fourth-order valence-electron chi connectivity index (χ4n) is 3.64. The highest BCUT2D eigenvalue weighted by Crippen LogP contribution is 2.30. The van der Waals surface area contributed by atoms with E-state index < -0.39 is 0 Å². The lowest BCUT2D eigenvalue weighted by Gasteiger charge is -2.11. The number of furan rings is 1. The summed E-state index contributed by atoms with van der Waals surface area (Å²) < 4.78 is 7.49. The third kappa shape index (κ3) is 4.43. The highest BCUT2D eigenvalue weighted by molar-refractivity contribution is 6.12. The van der Waals surface area contributed by atoms with Gasteiger partial charge in [0.2, 0.25) is 0 Å². The monoisotopic (exact) mass is 446 g/mol. The molecule has 3 aromatic heterocycles. The minimum Gasteiger partial charge on any atom is -0.466 e. The van der Waals surface area contributed by atoms with Gasteiger partial charge in [0.05, 0.1) is 22.8 Å². The van der Waals surface area contributed by atoms with Crippen molar-refractivity contribution in [3.8, 4) is 11.3 Å². The number of pyridine rings is 1. The maximum atomic E-state index is 13.3. The number of aromatic nitrogens is 3. The lowest BCUT2D eigenvalue weighted by atomic mass is 10.1. The molecule has 0 aliphatic carbocycles. The summed E-state index contributed by atoms with van der Waals surface area (Å²) in [7, 11) is 1.54. The minimum atomic E-state index is -0.314. The molecule has 0 aliphatic rings. The van der Waals surface area contributed by atoms with Crippen LogP contribution in [0.25, 0.3) is 22.3 Å². The predicted molar refractivity (Wildman–Crippen MR) is 128 cm³/mol. The Bertz CT molecular complexity index is 1330. The van der Waals surface area contributed by atoms with Crippen LogP contribution in [-0.4, -0.2) is 33.8 Å². The standard InChI is InChI=1S/C24H26N6O3/c1-13(2)30-22-20(12-26-30)19(11-21(29-22)18-10-14(3)33-15(18)4)23(31)27-16-6-8-17(9-7-16)28-24(32)25-5/h6-13H,1-5H3,(H,27,31)(H2,25,28,32). The van der Waals surface area contributed by atoms with E-state index in [1.165, 1.54) is 0 Å². The van der Waals surface area contributed by atoms with Gasteiger partial charge >= 0.3 is 6.03 Å². The molecule has 9 nitrogen and oxygen atoms in total. The number of nitrogens with zero attached hydrogens (tertiary/aromatic N) is 3. The van der Waals surface area contributed by atoms with Gasteiger partial charge in [0.15, 0.2) is 5.65 Å². The van der Waals surface area contributed by atoms with Crippen LogP contribution in [0.2, 0.25) is 0 Å². The Labute approximate surface area is 191 Å². The van der Waals surface area contributed by atoms with Crippen molar-refractivity contribution in [1.29, 1.82) is 0 Å². The zero-order chi connectivity index (χ0) is 23.7. The molecule has 3 heterocycles. The Kier molecular flexibility index (Phi) is 5.87. The van der Waals surface area contributed by atoms with Gasteiger partial charge in [0.1, 0.15) is 11.5 Å². The van der Waals surface area contributed by atoms with Crippen LogP contribution < -0.4 is 16.0 Å². The second-order valence-corrected chi connectivity index (χ2v) is 8.04. The van der Waals surface area contributed by atoms with Gasteiger partial charge in [-0.25, -0.2) is 14.5 Å². The number of rotatable bonds is 5. The van der Waals surface area contributed by atoms with Gasteiger partial charge in [-0.3, -0.25) is 4.79 Å². The number of amides is 3. The molecule has 33 heavy (non-hydrogen) atoms. The Morgan fingerprint density at radius 2 is 1.70 bits per heavy atom. The van der Waals surface area contributed by atoms with Gasteiger partial charge in [-0.05, 0) is 64.1 Å². The Morgan fingerprint density at radius 3 is 2.27 bits per heavy atom. The van der Waals surface area contributed by atoms with Crippen LogP contribution in [0.5, 0.6) is 0 Å². The van der Waals surface area contributed by atoms with E-state index in [2.05, 4.69) is 21.0 Å². The Balaban J connectivity index is 1.72. The fraction of sp³-hybridized carbons (Fsp3) is 0.250. The number of carbonyl (C=O) groups is 2. The number of carbonyl (C=O) groups excluding carboxylic acids is 2. The van der Waals surface area contributed by atoms with E-state index in [9.17, 15) is 9.59 Å². The molecule has 0 bridgehead atoms. The van der Waals surface area contributed by atoms with Crippen LogP contribution in [0.3, 0.4) is 0 Å².